The predicted molar refractivity (Wildman–Crippen MR) is 60.1 cm³/mol. The minimum Gasteiger partial charge on any atom is -0.369 e. The van der Waals surface area contributed by atoms with Crippen LogP contribution in [0.15, 0.2) is 12.3 Å². The molecule has 0 aromatic carbocycles. The summed E-state index contributed by atoms with van der Waals surface area (Å²) < 4.78 is 37.0. The normalized spacial score (nSPS) is 16.0. The molecule has 1 aliphatic carbocycles. The molecule has 0 radical (unpaired) electrons. The molecule has 0 bridgehead atoms. The molecule has 0 amide bonds. The number of alkyl halides is 3. The predicted octanol–water partition coefficient (Wildman–Crippen LogP) is 3.97. The third-order valence-corrected chi connectivity index (χ3v) is 3.00. The van der Waals surface area contributed by atoms with Gasteiger partial charge in [-0.25, -0.2) is 4.98 Å². The minimum atomic E-state index is -4.40. The van der Waals surface area contributed by atoms with Crippen molar-refractivity contribution in [1.82, 2.24) is 4.98 Å². The highest BCUT2D eigenvalue weighted by atomic mass is 35.5. The monoisotopic (exact) mass is 264 g/mol. The number of hydrogen-bond acceptors (Lipinski definition) is 2. The Labute approximate surface area is 102 Å². The molecular formula is C11H12ClF3N2. The fraction of sp³-hybridized carbons (Fsp3) is 0.545. The van der Waals surface area contributed by atoms with Crippen molar-refractivity contribution in [2.75, 3.05) is 11.9 Å². The van der Waals surface area contributed by atoms with Crippen LogP contribution in [-0.2, 0) is 6.18 Å². The Morgan fingerprint density at radius 2 is 2.12 bits per heavy atom. The first kappa shape index (κ1) is 12.5. The highest BCUT2D eigenvalue weighted by Gasteiger charge is 2.31. The van der Waals surface area contributed by atoms with Crippen LogP contribution >= 0.6 is 11.6 Å². The van der Waals surface area contributed by atoms with Crippen LogP contribution in [0.25, 0.3) is 0 Å². The molecule has 0 spiro atoms. The maximum Gasteiger partial charge on any atom is 0.417 e. The molecule has 2 rings (SSSR count). The van der Waals surface area contributed by atoms with E-state index in [1.165, 1.54) is 12.8 Å². The Balaban J connectivity index is 1.97. The Morgan fingerprint density at radius 1 is 1.41 bits per heavy atom. The first-order chi connectivity index (χ1) is 7.97. The molecule has 0 unspecified atom stereocenters. The van der Waals surface area contributed by atoms with E-state index in [1.54, 1.807) is 0 Å². The Bertz CT molecular complexity index is 402. The highest BCUT2D eigenvalue weighted by Crippen LogP contribution is 2.34. The second kappa shape index (κ2) is 4.72. The van der Waals surface area contributed by atoms with E-state index < -0.39 is 11.7 Å². The Kier molecular flexibility index (Phi) is 3.47. The lowest BCUT2D eigenvalue weighted by Gasteiger charge is -2.10. The van der Waals surface area contributed by atoms with Crippen LogP contribution in [0.4, 0.5) is 19.0 Å². The summed E-state index contributed by atoms with van der Waals surface area (Å²) in [5.41, 5.74) is -0.824. The van der Waals surface area contributed by atoms with Gasteiger partial charge in [0, 0.05) is 12.7 Å². The molecule has 2 nitrogen and oxygen atoms in total. The van der Waals surface area contributed by atoms with Crippen molar-refractivity contribution in [2.45, 2.75) is 25.4 Å². The fourth-order valence-electron chi connectivity index (χ4n) is 1.52. The van der Waals surface area contributed by atoms with E-state index in [4.69, 9.17) is 11.6 Å². The summed E-state index contributed by atoms with van der Waals surface area (Å²) in [4.78, 5) is 3.70. The number of halogens is 4. The lowest BCUT2D eigenvalue weighted by atomic mass is 10.2. The van der Waals surface area contributed by atoms with Crippen molar-refractivity contribution in [3.8, 4) is 0 Å². The van der Waals surface area contributed by atoms with Crippen LogP contribution in [0, 0.1) is 5.92 Å². The van der Waals surface area contributed by atoms with Crippen molar-refractivity contribution in [1.29, 1.82) is 0 Å². The topological polar surface area (TPSA) is 24.9 Å². The molecule has 1 fully saturated rings. The summed E-state index contributed by atoms with van der Waals surface area (Å²) in [6.07, 6.45) is -0.0980. The second-order valence-corrected chi connectivity index (χ2v) is 4.62. The SMILES string of the molecule is FC(F)(F)c1cnc(NCCC2CC2)c(Cl)c1. The van der Waals surface area contributed by atoms with Gasteiger partial charge in [-0.3, -0.25) is 0 Å². The molecule has 1 saturated carbocycles. The molecule has 0 atom stereocenters. The molecule has 0 aliphatic heterocycles. The third kappa shape index (κ3) is 3.49. The summed E-state index contributed by atoms with van der Waals surface area (Å²) >= 11 is 5.74. The molecule has 1 aliphatic rings. The third-order valence-electron chi connectivity index (χ3n) is 2.71. The van der Waals surface area contributed by atoms with E-state index in [9.17, 15) is 13.2 Å². The number of rotatable bonds is 4. The van der Waals surface area contributed by atoms with E-state index in [-0.39, 0.29) is 5.02 Å². The van der Waals surface area contributed by atoms with Crippen LogP contribution in [0.1, 0.15) is 24.8 Å². The molecule has 1 N–H and O–H groups in total. The highest BCUT2D eigenvalue weighted by molar-refractivity contribution is 6.32. The van der Waals surface area contributed by atoms with Crippen molar-refractivity contribution >= 4 is 17.4 Å². The minimum absolute atomic E-state index is 0.00984. The molecule has 0 saturated heterocycles. The maximum absolute atomic E-state index is 12.3. The summed E-state index contributed by atoms with van der Waals surface area (Å²) in [6, 6.07) is 0.897. The van der Waals surface area contributed by atoms with Gasteiger partial charge in [0.25, 0.3) is 0 Å². The number of anilines is 1. The largest absolute Gasteiger partial charge is 0.417 e. The molecule has 6 heteroatoms. The number of aromatic nitrogens is 1. The lowest BCUT2D eigenvalue weighted by Crippen LogP contribution is -2.09. The molecular weight excluding hydrogens is 253 g/mol. The molecule has 1 aromatic heterocycles. The van der Waals surface area contributed by atoms with Gasteiger partial charge in [0.1, 0.15) is 5.82 Å². The first-order valence-electron chi connectivity index (χ1n) is 5.43. The lowest BCUT2D eigenvalue weighted by molar-refractivity contribution is -0.137. The van der Waals surface area contributed by atoms with Crippen LogP contribution in [-0.4, -0.2) is 11.5 Å². The Hall–Kier alpha value is -0.970. The number of nitrogens with zero attached hydrogens (tertiary/aromatic N) is 1. The quantitative estimate of drug-likeness (QED) is 0.890. The van der Waals surface area contributed by atoms with Crippen LogP contribution in [0.2, 0.25) is 5.02 Å². The second-order valence-electron chi connectivity index (χ2n) is 4.21. The zero-order valence-electron chi connectivity index (χ0n) is 9.02. The molecule has 17 heavy (non-hydrogen) atoms. The first-order valence-corrected chi connectivity index (χ1v) is 5.81. The summed E-state index contributed by atoms with van der Waals surface area (Å²) in [6.45, 7) is 0.697. The number of pyridine rings is 1. The summed E-state index contributed by atoms with van der Waals surface area (Å²) in [5, 5.41) is 2.96. The van der Waals surface area contributed by atoms with Crippen molar-refractivity contribution in [2.24, 2.45) is 5.92 Å². The Morgan fingerprint density at radius 3 is 2.65 bits per heavy atom. The summed E-state index contributed by atoms with van der Waals surface area (Å²) in [5.74, 6) is 1.08. The van der Waals surface area contributed by atoms with Gasteiger partial charge in [-0.05, 0) is 18.4 Å². The average molecular weight is 265 g/mol. The van der Waals surface area contributed by atoms with E-state index in [0.717, 1.165) is 24.6 Å². The molecule has 1 aromatic rings. The molecule has 1 heterocycles. The van der Waals surface area contributed by atoms with Crippen LogP contribution < -0.4 is 5.32 Å². The van der Waals surface area contributed by atoms with Gasteiger partial charge in [0.2, 0.25) is 0 Å². The fourth-order valence-corrected chi connectivity index (χ4v) is 1.76. The van der Waals surface area contributed by atoms with E-state index in [1.807, 2.05) is 0 Å². The van der Waals surface area contributed by atoms with Gasteiger partial charge in [-0.2, -0.15) is 13.2 Å². The van der Waals surface area contributed by atoms with E-state index in [0.29, 0.717) is 12.4 Å². The standard InChI is InChI=1S/C11H12ClF3N2/c12-9-5-8(11(13,14)15)6-17-10(9)16-4-3-7-1-2-7/h5-7H,1-4H2,(H,16,17). The van der Waals surface area contributed by atoms with Crippen molar-refractivity contribution in [3.05, 3.63) is 22.8 Å². The number of nitrogens with one attached hydrogen (secondary N) is 1. The van der Waals surface area contributed by atoms with Crippen molar-refractivity contribution in [3.63, 3.8) is 0 Å². The van der Waals surface area contributed by atoms with Gasteiger partial charge in [-0.1, -0.05) is 24.4 Å². The van der Waals surface area contributed by atoms with E-state index in [2.05, 4.69) is 10.3 Å². The molecule has 94 valence electrons. The zero-order chi connectivity index (χ0) is 12.5. The smallest absolute Gasteiger partial charge is 0.369 e. The van der Waals surface area contributed by atoms with Gasteiger partial charge in [0.05, 0.1) is 10.6 Å². The maximum atomic E-state index is 12.3. The van der Waals surface area contributed by atoms with Crippen LogP contribution in [0.3, 0.4) is 0 Å². The van der Waals surface area contributed by atoms with Gasteiger partial charge < -0.3 is 5.32 Å². The van der Waals surface area contributed by atoms with Crippen molar-refractivity contribution < 1.29 is 13.2 Å². The van der Waals surface area contributed by atoms with Crippen LogP contribution in [0.5, 0.6) is 0 Å². The summed E-state index contributed by atoms with van der Waals surface area (Å²) in [7, 11) is 0. The number of hydrogen-bond donors (Lipinski definition) is 1. The van der Waals surface area contributed by atoms with Gasteiger partial charge in [-0.15, -0.1) is 0 Å². The van der Waals surface area contributed by atoms with Gasteiger partial charge >= 0.3 is 6.18 Å². The average Bonchev–Trinajstić information content (AvgIpc) is 3.02. The van der Waals surface area contributed by atoms with E-state index >= 15 is 0 Å². The van der Waals surface area contributed by atoms with Gasteiger partial charge in [0.15, 0.2) is 0 Å². The zero-order valence-corrected chi connectivity index (χ0v) is 9.78.